The fraction of sp³-hybridized carbons (Fsp3) is 0.235. The van der Waals surface area contributed by atoms with Crippen molar-refractivity contribution in [2.45, 2.75) is 25.7 Å². The minimum absolute atomic E-state index is 0.0291. The van der Waals surface area contributed by atoms with Gasteiger partial charge in [0.05, 0.1) is 6.42 Å². The SMILES string of the molecule is Cc1ccc(CC(CC(=O)O)c2ccccc2)cc1. The molecule has 0 aliphatic carbocycles. The standard InChI is InChI=1S/C17H18O2/c1-13-7-9-14(10-8-13)11-16(12-17(18)19)15-5-3-2-4-6-15/h2-10,16H,11-12H2,1H3,(H,18,19). The molecule has 98 valence electrons. The molecule has 2 aromatic carbocycles. The molecule has 2 aromatic rings. The van der Waals surface area contributed by atoms with Gasteiger partial charge >= 0.3 is 5.97 Å². The molecule has 0 saturated heterocycles. The smallest absolute Gasteiger partial charge is 0.303 e. The van der Waals surface area contributed by atoms with Crippen molar-refractivity contribution in [2.24, 2.45) is 0 Å². The average Bonchev–Trinajstić information content (AvgIpc) is 2.41. The molecule has 1 unspecified atom stereocenters. The minimum Gasteiger partial charge on any atom is -0.481 e. The zero-order valence-corrected chi connectivity index (χ0v) is 11.0. The fourth-order valence-corrected chi connectivity index (χ4v) is 2.25. The molecule has 0 amide bonds. The van der Waals surface area contributed by atoms with Crippen LogP contribution in [0.3, 0.4) is 0 Å². The lowest BCUT2D eigenvalue weighted by Crippen LogP contribution is -2.09. The Morgan fingerprint density at radius 1 is 1.05 bits per heavy atom. The van der Waals surface area contributed by atoms with Gasteiger partial charge in [-0.3, -0.25) is 4.79 Å². The second kappa shape index (κ2) is 6.19. The monoisotopic (exact) mass is 254 g/mol. The lowest BCUT2D eigenvalue weighted by atomic mass is 9.89. The largest absolute Gasteiger partial charge is 0.481 e. The Kier molecular flexibility index (Phi) is 4.35. The van der Waals surface area contributed by atoms with Crippen LogP contribution < -0.4 is 0 Å². The number of hydrogen-bond donors (Lipinski definition) is 1. The molecule has 0 aliphatic heterocycles. The van der Waals surface area contributed by atoms with E-state index < -0.39 is 5.97 Å². The zero-order chi connectivity index (χ0) is 13.7. The first-order valence-corrected chi connectivity index (χ1v) is 6.47. The Morgan fingerprint density at radius 3 is 2.26 bits per heavy atom. The Hall–Kier alpha value is -2.09. The molecular weight excluding hydrogens is 236 g/mol. The summed E-state index contributed by atoms with van der Waals surface area (Å²) in [5.74, 6) is -0.720. The fourth-order valence-electron chi connectivity index (χ4n) is 2.25. The van der Waals surface area contributed by atoms with Crippen molar-refractivity contribution in [1.82, 2.24) is 0 Å². The van der Waals surface area contributed by atoms with E-state index in [0.29, 0.717) is 0 Å². The summed E-state index contributed by atoms with van der Waals surface area (Å²) in [6, 6.07) is 18.2. The summed E-state index contributed by atoms with van der Waals surface area (Å²) in [7, 11) is 0. The summed E-state index contributed by atoms with van der Waals surface area (Å²) in [4.78, 5) is 11.0. The number of carboxylic acid groups (broad SMARTS) is 1. The number of carbonyl (C=O) groups is 1. The third-order valence-corrected chi connectivity index (χ3v) is 3.29. The van der Waals surface area contributed by atoms with Gasteiger partial charge in [0.1, 0.15) is 0 Å². The van der Waals surface area contributed by atoms with Crippen LogP contribution in [-0.2, 0) is 11.2 Å². The van der Waals surface area contributed by atoms with Crippen LogP contribution in [-0.4, -0.2) is 11.1 Å². The van der Waals surface area contributed by atoms with E-state index in [1.807, 2.05) is 30.3 Å². The lowest BCUT2D eigenvalue weighted by Gasteiger charge is -2.15. The Morgan fingerprint density at radius 2 is 1.68 bits per heavy atom. The van der Waals surface area contributed by atoms with Crippen molar-refractivity contribution in [2.75, 3.05) is 0 Å². The van der Waals surface area contributed by atoms with E-state index in [9.17, 15) is 4.79 Å². The highest BCUT2D eigenvalue weighted by Crippen LogP contribution is 2.24. The molecule has 1 N–H and O–H groups in total. The maximum Gasteiger partial charge on any atom is 0.303 e. The van der Waals surface area contributed by atoms with E-state index >= 15 is 0 Å². The number of benzene rings is 2. The quantitative estimate of drug-likeness (QED) is 0.881. The maximum absolute atomic E-state index is 11.0. The number of rotatable bonds is 5. The third kappa shape index (κ3) is 3.95. The van der Waals surface area contributed by atoms with Gasteiger partial charge in [-0.25, -0.2) is 0 Å². The van der Waals surface area contributed by atoms with Gasteiger partial charge in [0.25, 0.3) is 0 Å². The maximum atomic E-state index is 11.0. The highest BCUT2D eigenvalue weighted by Gasteiger charge is 2.15. The molecule has 2 nitrogen and oxygen atoms in total. The summed E-state index contributed by atoms with van der Waals surface area (Å²) in [6.07, 6.45) is 0.925. The van der Waals surface area contributed by atoms with Crippen LogP contribution in [0.5, 0.6) is 0 Å². The number of aliphatic carboxylic acids is 1. The van der Waals surface area contributed by atoms with E-state index in [-0.39, 0.29) is 12.3 Å². The molecule has 2 rings (SSSR count). The first kappa shape index (κ1) is 13.3. The summed E-state index contributed by atoms with van der Waals surface area (Å²) >= 11 is 0. The molecular formula is C17H18O2. The molecule has 0 saturated carbocycles. The van der Waals surface area contributed by atoms with Crippen LogP contribution in [0.25, 0.3) is 0 Å². The lowest BCUT2D eigenvalue weighted by molar-refractivity contribution is -0.137. The summed E-state index contributed by atoms with van der Waals surface area (Å²) in [6.45, 7) is 2.05. The zero-order valence-electron chi connectivity index (χ0n) is 11.0. The first-order valence-electron chi connectivity index (χ1n) is 6.47. The molecule has 0 fully saturated rings. The van der Waals surface area contributed by atoms with E-state index in [4.69, 9.17) is 5.11 Å². The molecule has 1 atom stereocenters. The predicted octanol–water partition coefficient (Wildman–Crippen LogP) is 3.80. The average molecular weight is 254 g/mol. The van der Waals surface area contributed by atoms with Crippen molar-refractivity contribution in [3.8, 4) is 0 Å². The van der Waals surface area contributed by atoms with Gasteiger partial charge in [-0.1, -0.05) is 60.2 Å². The van der Waals surface area contributed by atoms with Gasteiger partial charge < -0.3 is 5.11 Å². The second-order valence-electron chi connectivity index (χ2n) is 4.90. The van der Waals surface area contributed by atoms with Gasteiger partial charge in [0.2, 0.25) is 0 Å². The molecule has 0 radical (unpaired) electrons. The summed E-state index contributed by atoms with van der Waals surface area (Å²) < 4.78 is 0. The molecule has 0 aromatic heterocycles. The van der Waals surface area contributed by atoms with Crippen LogP contribution in [0.2, 0.25) is 0 Å². The number of carboxylic acids is 1. The summed E-state index contributed by atoms with van der Waals surface area (Å²) in [5, 5.41) is 9.07. The highest BCUT2D eigenvalue weighted by atomic mass is 16.4. The second-order valence-corrected chi connectivity index (χ2v) is 4.90. The number of aryl methyl sites for hydroxylation is 1. The third-order valence-electron chi connectivity index (χ3n) is 3.29. The predicted molar refractivity (Wildman–Crippen MR) is 76.3 cm³/mol. The van der Waals surface area contributed by atoms with Crippen LogP contribution in [0.1, 0.15) is 29.0 Å². The van der Waals surface area contributed by atoms with Gasteiger partial charge in [0, 0.05) is 0 Å². The van der Waals surface area contributed by atoms with Gasteiger partial charge in [0.15, 0.2) is 0 Å². The van der Waals surface area contributed by atoms with Crippen molar-refractivity contribution in [3.05, 3.63) is 71.3 Å². The Bertz CT molecular complexity index is 529. The minimum atomic E-state index is -0.749. The number of hydrogen-bond acceptors (Lipinski definition) is 1. The van der Waals surface area contributed by atoms with Crippen LogP contribution >= 0.6 is 0 Å². The molecule has 0 spiro atoms. The van der Waals surface area contributed by atoms with Crippen LogP contribution in [0, 0.1) is 6.92 Å². The Balaban J connectivity index is 2.19. The van der Waals surface area contributed by atoms with Crippen LogP contribution in [0.4, 0.5) is 0 Å². The first-order chi connectivity index (χ1) is 9.15. The van der Waals surface area contributed by atoms with E-state index in [2.05, 4.69) is 31.2 Å². The van der Waals surface area contributed by atoms with Gasteiger partial charge in [-0.05, 0) is 30.4 Å². The van der Waals surface area contributed by atoms with Crippen molar-refractivity contribution >= 4 is 5.97 Å². The molecule has 0 aliphatic rings. The summed E-state index contributed by atoms with van der Waals surface area (Å²) in [5.41, 5.74) is 3.49. The van der Waals surface area contributed by atoms with E-state index in [1.54, 1.807) is 0 Å². The molecule has 19 heavy (non-hydrogen) atoms. The van der Waals surface area contributed by atoms with Crippen molar-refractivity contribution in [3.63, 3.8) is 0 Å². The van der Waals surface area contributed by atoms with E-state index in [0.717, 1.165) is 12.0 Å². The molecule has 0 bridgehead atoms. The van der Waals surface area contributed by atoms with Crippen LogP contribution in [0.15, 0.2) is 54.6 Å². The molecule has 0 heterocycles. The van der Waals surface area contributed by atoms with Crippen molar-refractivity contribution in [1.29, 1.82) is 0 Å². The van der Waals surface area contributed by atoms with Crippen molar-refractivity contribution < 1.29 is 9.90 Å². The van der Waals surface area contributed by atoms with Gasteiger partial charge in [-0.2, -0.15) is 0 Å². The molecule has 2 heteroatoms. The topological polar surface area (TPSA) is 37.3 Å². The normalized spacial score (nSPS) is 12.1. The van der Waals surface area contributed by atoms with Gasteiger partial charge in [-0.15, -0.1) is 0 Å². The highest BCUT2D eigenvalue weighted by molar-refractivity contribution is 5.68. The van der Waals surface area contributed by atoms with E-state index in [1.165, 1.54) is 11.1 Å². The Labute approximate surface area is 113 Å².